The minimum atomic E-state index is -0.0187. The van der Waals surface area contributed by atoms with Crippen LogP contribution in [0.25, 0.3) is 10.2 Å². The van der Waals surface area contributed by atoms with Gasteiger partial charge in [-0.3, -0.25) is 9.59 Å². The molecule has 0 bridgehead atoms. The van der Waals surface area contributed by atoms with Crippen molar-refractivity contribution in [3.8, 4) is 0 Å². The zero-order chi connectivity index (χ0) is 16.8. The van der Waals surface area contributed by atoms with Crippen molar-refractivity contribution < 1.29 is 9.69 Å². The fourth-order valence-corrected chi connectivity index (χ4v) is 5.24. The zero-order valence-corrected chi connectivity index (χ0v) is 14.9. The number of carbonyl (C=O) groups excluding carboxylic acids is 1. The summed E-state index contributed by atoms with van der Waals surface area (Å²) in [5.74, 6) is 1.44. The molecule has 0 spiro atoms. The van der Waals surface area contributed by atoms with Crippen molar-refractivity contribution in [3.63, 3.8) is 0 Å². The summed E-state index contributed by atoms with van der Waals surface area (Å²) in [5.41, 5.74) is 1.19. The molecule has 7 heteroatoms. The molecule has 3 heterocycles. The maximum Gasteiger partial charge on any atom is 0.275 e. The normalized spacial score (nSPS) is 25.3. The molecular formula is C17H23N4O2S+. The summed E-state index contributed by atoms with van der Waals surface area (Å²) in [6.45, 7) is 6.27. The van der Waals surface area contributed by atoms with Crippen LogP contribution in [0.3, 0.4) is 0 Å². The Balaban J connectivity index is 1.73. The number of thiophene rings is 1. The van der Waals surface area contributed by atoms with Gasteiger partial charge in [-0.2, -0.15) is 0 Å². The molecule has 2 aromatic rings. The first-order valence-electron chi connectivity index (χ1n) is 8.68. The third-order valence-electron chi connectivity index (χ3n) is 5.36. The molecule has 1 aliphatic carbocycles. The molecule has 3 atom stereocenters. The van der Waals surface area contributed by atoms with E-state index in [2.05, 4.69) is 17.2 Å². The molecule has 3 N–H and O–H groups in total. The van der Waals surface area contributed by atoms with Gasteiger partial charge in [-0.1, -0.05) is 6.92 Å². The van der Waals surface area contributed by atoms with Gasteiger partial charge in [0, 0.05) is 4.88 Å². The molecule has 128 valence electrons. The highest BCUT2D eigenvalue weighted by molar-refractivity contribution is 7.18. The predicted molar refractivity (Wildman–Crippen MR) is 93.6 cm³/mol. The molecule has 4 rings (SSSR count). The highest BCUT2D eigenvalue weighted by Crippen LogP contribution is 2.35. The minimum absolute atomic E-state index is 0.00574. The quantitative estimate of drug-likeness (QED) is 0.725. The van der Waals surface area contributed by atoms with Gasteiger partial charge in [-0.05, 0) is 37.7 Å². The van der Waals surface area contributed by atoms with E-state index in [0.29, 0.717) is 24.8 Å². The first-order valence-corrected chi connectivity index (χ1v) is 9.50. The van der Waals surface area contributed by atoms with E-state index in [9.17, 15) is 9.59 Å². The van der Waals surface area contributed by atoms with Crippen LogP contribution in [0.15, 0.2) is 4.79 Å². The van der Waals surface area contributed by atoms with Crippen molar-refractivity contribution in [2.45, 2.75) is 39.2 Å². The Bertz CT molecular complexity index is 856. The number of amides is 1. The van der Waals surface area contributed by atoms with Crippen molar-refractivity contribution in [2.24, 2.45) is 5.92 Å². The van der Waals surface area contributed by atoms with E-state index in [0.717, 1.165) is 40.9 Å². The number of nitrogens with zero attached hydrogens (tertiary/aromatic N) is 1. The monoisotopic (exact) mass is 347 g/mol. The molecule has 0 saturated carbocycles. The number of rotatable bonds is 2. The van der Waals surface area contributed by atoms with Crippen LogP contribution in [-0.2, 0) is 17.6 Å². The Kier molecular flexibility index (Phi) is 3.92. The summed E-state index contributed by atoms with van der Waals surface area (Å²) < 4.78 is 0. The number of piperazine rings is 1. The molecule has 1 saturated heterocycles. The van der Waals surface area contributed by atoms with Crippen LogP contribution in [0.2, 0.25) is 0 Å². The van der Waals surface area contributed by atoms with Crippen LogP contribution >= 0.6 is 11.3 Å². The number of H-pyrrole nitrogens is 1. The van der Waals surface area contributed by atoms with Crippen LogP contribution in [0.5, 0.6) is 0 Å². The van der Waals surface area contributed by atoms with Gasteiger partial charge in [0.2, 0.25) is 0 Å². The molecule has 24 heavy (non-hydrogen) atoms. The topological polar surface area (TPSA) is 79.3 Å². The largest absolute Gasteiger partial charge is 0.346 e. The summed E-state index contributed by atoms with van der Waals surface area (Å²) >= 11 is 1.68. The van der Waals surface area contributed by atoms with Crippen LogP contribution in [-0.4, -0.2) is 35.5 Å². The smallest absolute Gasteiger partial charge is 0.275 e. The van der Waals surface area contributed by atoms with Crippen molar-refractivity contribution in [1.29, 1.82) is 0 Å². The molecule has 6 nitrogen and oxygen atoms in total. The lowest BCUT2D eigenvalue weighted by Gasteiger charge is -2.28. The number of quaternary nitrogens is 1. The standard InChI is InChI=1S/C17H22N4O2S/c1-9-3-4-11-12(7-9)24-17-14(11)16(23)19-15(20-17)10(2)21-6-5-18-13(22)8-21/h9-10H,3-8H2,1-2H3,(H,18,22)(H,19,20,23)/p+1/t9-,10-/m1/s1. The minimum Gasteiger partial charge on any atom is -0.346 e. The number of nitrogens with one attached hydrogen (secondary N) is 3. The molecule has 1 amide bonds. The molecular weight excluding hydrogens is 324 g/mol. The van der Waals surface area contributed by atoms with Crippen LogP contribution in [0.4, 0.5) is 0 Å². The fraction of sp³-hybridized carbons (Fsp3) is 0.588. The van der Waals surface area contributed by atoms with Crippen molar-refractivity contribution in [3.05, 3.63) is 26.6 Å². The molecule has 2 aliphatic rings. The highest BCUT2D eigenvalue weighted by atomic mass is 32.1. The third-order valence-corrected chi connectivity index (χ3v) is 6.51. The average molecular weight is 347 g/mol. The number of fused-ring (bicyclic) bond motifs is 3. The summed E-state index contributed by atoms with van der Waals surface area (Å²) in [7, 11) is 0. The van der Waals surface area contributed by atoms with Crippen LogP contribution < -0.4 is 15.8 Å². The number of aryl methyl sites for hydroxylation is 1. The lowest BCUT2D eigenvalue weighted by molar-refractivity contribution is -0.924. The van der Waals surface area contributed by atoms with E-state index in [-0.39, 0.29) is 17.5 Å². The third kappa shape index (κ3) is 2.65. The summed E-state index contributed by atoms with van der Waals surface area (Å²) in [6.07, 6.45) is 3.18. The van der Waals surface area contributed by atoms with Crippen LogP contribution in [0.1, 0.15) is 42.6 Å². The Hall–Kier alpha value is -1.73. The summed E-state index contributed by atoms with van der Waals surface area (Å²) in [6, 6.07) is 0.00574. The van der Waals surface area contributed by atoms with Gasteiger partial charge >= 0.3 is 0 Å². The van der Waals surface area contributed by atoms with Gasteiger partial charge in [0.1, 0.15) is 10.9 Å². The van der Waals surface area contributed by atoms with E-state index in [1.54, 1.807) is 11.3 Å². The second-order valence-electron chi connectivity index (χ2n) is 7.14. The lowest BCUT2D eigenvalue weighted by atomic mass is 9.89. The molecule has 1 fully saturated rings. The van der Waals surface area contributed by atoms with E-state index in [1.165, 1.54) is 10.4 Å². The fourth-order valence-electron chi connectivity index (χ4n) is 3.85. The van der Waals surface area contributed by atoms with E-state index in [1.807, 2.05) is 6.92 Å². The van der Waals surface area contributed by atoms with E-state index < -0.39 is 0 Å². The Morgan fingerprint density at radius 1 is 1.38 bits per heavy atom. The number of hydrogen-bond acceptors (Lipinski definition) is 4. The Labute approximate surface area is 144 Å². The Morgan fingerprint density at radius 2 is 2.21 bits per heavy atom. The first kappa shape index (κ1) is 15.8. The Morgan fingerprint density at radius 3 is 3.00 bits per heavy atom. The van der Waals surface area contributed by atoms with Gasteiger partial charge in [0.15, 0.2) is 12.4 Å². The zero-order valence-electron chi connectivity index (χ0n) is 14.1. The van der Waals surface area contributed by atoms with E-state index in [4.69, 9.17) is 4.98 Å². The molecule has 1 unspecified atom stereocenters. The number of aromatic nitrogens is 2. The number of carbonyl (C=O) groups is 1. The number of aromatic amines is 1. The average Bonchev–Trinajstić information content (AvgIpc) is 2.91. The van der Waals surface area contributed by atoms with Gasteiger partial charge in [-0.25, -0.2) is 4.98 Å². The first-order chi connectivity index (χ1) is 11.5. The van der Waals surface area contributed by atoms with Gasteiger partial charge in [0.05, 0.1) is 18.5 Å². The predicted octanol–water partition coefficient (Wildman–Crippen LogP) is 0.185. The SMILES string of the molecule is C[C@@H]1CCc2c(sc3nc([C@@H](C)[NH+]4CCNC(=O)C4)[nH]c(=O)c23)C1. The second kappa shape index (κ2) is 5.97. The molecule has 2 aromatic heterocycles. The van der Waals surface area contributed by atoms with Gasteiger partial charge < -0.3 is 15.2 Å². The lowest BCUT2D eigenvalue weighted by Crippen LogP contribution is -3.15. The summed E-state index contributed by atoms with van der Waals surface area (Å²) in [4.78, 5) is 35.4. The summed E-state index contributed by atoms with van der Waals surface area (Å²) in [5, 5.41) is 3.64. The maximum atomic E-state index is 12.7. The second-order valence-corrected chi connectivity index (χ2v) is 8.22. The highest BCUT2D eigenvalue weighted by Gasteiger charge is 2.29. The molecule has 1 aliphatic heterocycles. The van der Waals surface area contributed by atoms with Crippen molar-refractivity contribution >= 4 is 27.5 Å². The van der Waals surface area contributed by atoms with Crippen molar-refractivity contribution in [1.82, 2.24) is 15.3 Å². The van der Waals surface area contributed by atoms with Crippen LogP contribution in [0, 0.1) is 5.92 Å². The van der Waals surface area contributed by atoms with Crippen molar-refractivity contribution in [2.75, 3.05) is 19.6 Å². The number of hydrogen-bond donors (Lipinski definition) is 3. The van der Waals surface area contributed by atoms with E-state index >= 15 is 0 Å². The maximum absolute atomic E-state index is 12.7. The molecule has 0 aromatic carbocycles. The van der Waals surface area contributed by atoms with Gasteiger partial charge in [0.25, 0.3) is 11.5 Å². The molecule has 0 radical (unpaired) electrons. The van der Waals surface area contributed by atoms with Gasteiger partial charge in [-0.15, -0.1) is 11.3 Å².